The van der Waals surface area contributed by atoms with E-state index >= 15 is 0 Å². The van der Waals surface area contributed by atoms with Crippen LogP contribution in [0.2, 0.25) is 0 Å². The van der Waals surface area contributed by atoms with Gasteiger partial charge in [-0.3, -0.25) is 4.79 Å². The molecule has 1 aliphatic heterocycles. The van der Waals surface area contributed by atoms with Gasteiger partial charge in [-0.25, -0.2) is 0 Å². The molecule has 0 N–H and O–H groups in total. The number of carbonyl (C=O) groups is 1. The third-order valence-electron chi connectivity index (χ3n) is 7.60. The highest BCUT2D eigenvalue weighted by molar-refractivity contribution is 5.94. The van der Waals surface area contributed by atoms with Crippen molar-refractivity contribution in [3.8, 4) is 0 Å². The molecule has 4 bridgehead atoms. The number of fused-ring (bicyclic) bond motifs is 1. The minimum atomic E-state index is 0.393. The number of para-hydroxylation sites is 1. The molecule has 1 aromatic carbocycles. The summed E-state index contributed by atoms with van der Waals surface area (Å²) in [6, 6.07) is 8.52. The van der Waals surface area contributed by atoms with E-state index in [1.165, 1.54) is 43.4 Å². The topological polar surface area (TPSA) is 20.3 Å². The highest BCUT2D eigenvalue weighted by Crippen LogP contribution is 2.62. The van der Waals surface area contributed by atoms with Crippen molar-refractivity contribution in [3.63, 3.8) is 0 Å². The van der Waals surface area contributed by atoms with Crippen LogP contribution in [0.15, 0.2) is 24.3 Å². The summed E-state index contributed by atoms with van der Waals surface area (Å²) >= 11 is 0. The SMILES string of the molecule is CC.CC.CC12CC3CC(C1)C(CC(=O)N1CCCc4ccccc41)C(C3)C2. The first-order valence-electron chi connectivity index (χ1n) is 12.0. The number of benzene rings is 1. The van der Waals surface area contributed by atoms with Crippen LogP contribution in [0.3, 0.4) is 0 Å². The van der Waals surface area contributed by atoms with Crippen LogP contribution >= 0.6 is 0 Å². The summed E-state index contributed by atoms with van der Waals surface area (Å²) in [4.78, 5) is 15.3. The van der Waals surface area contributed by atoms with E-state index in [2.05, 4.69) is 36.1 Å². The van der Waals surface area contributed by atoms with Crippen LogP contribution in [0.25, 0.3) is 0 Å². The molecule has 2 atom stereocenters. The molecule has 6 rings (SSSR count). The van der Waals surface area contributed by atoms with Crippen molar-refractivity contribution in [2.24, 2.45) is 29.1 Å². The van der Waals surface area contributed by atoms with E-state index in [0.29, 0.717) is 17.2 Å². The molecule has 28 heavy (non-hydrogen) atoms. The van der Waals surface area contributed by atoms with Crippen LogP contribution in [0.4, 0.5) is 5.69 Å². The first-order chi connectivity index (χ1) is 13.6. The number of aryl methyl sites for hydroxylation is 1. The maximum absolute atomic E-state index is 13.2. The summed E-state index contributed by atoms with van der Waals surface area (Å²) < 4.78 is 0. The summed E-state index contributed by atoms with van der Waals surface area (Å²) in [6.07, 6.45) is 10.1. The summed E-state index contributed by atoms with van der Waals surface area (Å²) in [5.41, 5.74) is 3.15. The van der Waals surface area contributed by atoms with Gasteiger partial charge in [0.25, 0.3) is 0 Å². The number of nitrogens with zero attached hydrogens (tertiary/aromatic N) is 1. The molecule has 0 aromatic heterocycles. The van der Waals surface area contributed by atoms with E-state index in [0.717, 1.165) is 43.6 Å². The highest BCUT2D eigenvalue weighted by atomic mass is 16.2. The zero-order chi connectivity index (χ0) is 20.3. The Kier molecular flexibility index (Phi) is 6.89. The molecule has 1 amide bonds. The molecule has 2 nitrogen and oxygen atoms in total. The molecule has 5 aliphatic rings. The Balaban J connectivity index is 0.000000531. The van der Waals surface area contributed by atoms with Crippen molar-refractivity contribution in [2.45, 2.75) is 86.0 Å². The van der Waals surface area contributed by atoms with Gasteiger partial charge in [0.2, 0.25) is 5.91 Å². The first kappa shape index (κ1) is 21.4. The van der Waals surface area contributed by atoms with Crippen LogP contribution < -0.4 is 4.90 Å². The zero-order valence-electron chi connectivity index (χ0n) is 18.8. The van der Waals surface area contributed by atoms with Crippen LogP contribution in [0.1, 0.15) is 85.1 Å². The number of carbonyl (C=O) groups excluding carboxylic acids is 1. The van der Waals surface area contributed by atoms with Crippen molar-refractivity contribution in [1.82, 2.24) is 0 Å². The Morgan fingerprint density at radius 2 is 1.68 bits per heavy atom. The Labute approximate surface area is 173 Å². The lowest BCUT2D eigenvalue weighted by Crippen LogP contribution is -2.51. The second-order valence-electron chi connectivity index (χ2n) is 9.43. The molecule has 2 unspecified atom stereocenters. The van der Waals surface area contributed by atoms with Gasteiger partial charge in [0.05, 0.1) is 0 Å². The number of hydrogen-bond acceptors (Lipinski definition) is 1. The average molecular weight is 384 g/mol. The van der Waals surface area contributed by atoms with E-state index < -0.39 is 0 Å². The number of amides is 1. The lowest BCUT2D eigenvalue weighted by atomic mass is 9.46. The minimum absolute atomic E-state index is 0.393. The molecule has 4 saturated carbocycles. The molecule has 1 heterocycles. The third-order valence-corrected chi connectivity index (χ3v) is 7.60. The predicted octanol–water partition coefficient (Wildman–Crippen LogP) is 6.87. The van der Waals surface area contributed by atoms with Crippen molar-refractivity contribution in [3.05, 3.63) is 29.8 Å². The van der Waals surface area contributed by atoms with Crippen LogP contribution in [0.5, 0.6) is 0 Å². The van der Waals surface area contributed by atoms with Crippen LogP contribution in [-0.2, 0) is 11.2 Å². The zero-order valence-corrected chi connectivity index (χ0v) is 18.8. The highest BCUT2D eigenvalue weighted by Gasteiger charge is 2.53. The van der Waals surface area contributed by atoms with Gasteiger partial charge in [0.1, 0.15) is 0 Å². The van der Waals surface area contributed by atoms with Gasteiger partial charge in [-0.2, -0.15) is 0 Å². The molecular formula is C26H41NO. The fourth-order valence-corrected chi connectivity index (χ4v) is 6.97. The van der Waals surface area contributed by atoms with Crippen molar-refractivity contribution < 1.29 is 4.79 Å². The van der Waals surface area contributed by atoms with Gasteiger partial charge in [-0.15, -0.1) is 0 Å². The molecular weight excluding hydrogens is 342 g/mol. The van der Waals surface area contributed by atoms with E-state index in [1.54, 1.807) is 0 Å². The third kappa shape index (κ3) is 4.02. The lowest BCUT2D eigenvalue weighted by Gasteiger charge is -2.59. The summed E-state index contributed by atoms with van der Waals surface area (Å²) in [6.45, 7) is 11.4. The minimum Gasteiger partial charge on any atom is -0.312 e. The van der Waals surface area contributed by atoms with Crippen molar-refractivity contribution in [2.75, 3.05) is 11.4 Å². The van der Waals surface area contributed by atoms with E-state index in [4.69, 9.17) is 0 Å². The normalized spacial score (nSPS) is 34.5. The fourth-order valence-electron chi connectivity index (χ4n) is 6.97. The standard InChI is InChI=1S/C22H29NO.2C2H6/c1-22-12-15-9-17(13-22)19(18(10-15)14-22)11-21(24)23-8-4-6-16-5-2-3-7-20(16)23;2*1-2/h2-3,5,7,15,17-19H,4,6,8-14H2,1H3;2*1-2H3. The molecule has 0 radical (unpaired) electrons. The van der Waals surface area contributed by atoms with E-state index in [-0.39, 0.29) is 0 Å². The fraction of sp³-hybridized carbons (Fsp3) is 0.731. The quantitative estimate of drug-likeness (QED) is 0.545. The summed E-state index contributed by atoms with van der Waals surface area (Å²) in [7, 11) is 0. The Morgan fingerprint density at radius 3 is 2.32 bits per heavy atom. The molecule has 4 aliphatic carbocycles. The summed E-state index contributed by atoms with van der Waals surface area (Å²) in [5.74, 6) is 3.67. The molecule has 1 aromatic rings. The van der Waals surface area contributed by atoms with Gasteiger partial charge in [0, 0.05) is 18.7 Å². The smallest absolute Gasteiger partial charge is 0.227 e. The monoisotopic (exact) mass is 383 g/mol. The molecule has 4 fully saturated rings. The molecule has 0 saturated heterocycles. The summed E-state index contributed by atoms with van der Waals surface area (Å²) in [5, 5.41) is 0. The Bertz CT molecular complexity index is 650. The van der Waals surface area contributed by atoms with Gasteiger partial charge in [-0.1, -0.05) is 52.8 Å². The van der Waals surface area contributed by atoms with Gasteiger partial charge in [0.15, 0.2) is 0 Å². The Hall–Kier alpha value is -1.31. The number of rotatable bonds is 2. The molecule has 2 heteroatoms. The molecule has 156 valence electrons. The van der Waals surface area contributed by atoms with Crippen LogP contribution in [0, 0.1) is 29.1 Å². The molecule has 0 spiro atoms. The van der Waals surface area contributed by atoms with Crippen molar-refractivity contribution >= 4 is 11.6 Å². The van der Waals surface area contributed by atoms with E-state index in [9.17, 15) is 4.79 Å². The van der Waals surface area contributed by atoms with Crippen molar-refractivity contribution in [1.29, 1.82) is 0 Å². The second-order valence-corrected chi connectivity index (χ2v) is 9.43. The van der Waals surface area contributed by atoms with Crippen LogP contribution in [-0.4, -0.2) is 12.5 Å². The van der Waals surface area contributed by atoms with Gasteiger partial charge in [-0.05, 0) is 85.7 Å². The van der Waals surface area contributed by atoms with E-state index in [1.807, 2.05) is 27.7 Å². The predicted molar refractivity (Wildman–Crippen MR) is 120 cm³/mol. The second kappa shape index (κ2) is 9.01. The van der Waals surface area contributed by atoms with Gasteiger partial charge < -0.3 is 4.90 Å². The lowest BCUT2D eigenvalue weighted by molar-refractivity contribution is -0.127. The largest absolute Gasteiger partial charge is 0.312 e. The Morgan fingerprint density at radius 1 is 1.04 bits per heavy atom. The number of hydrogen-bond donors (Lipinski definition) is 0. The first-order valence-corrected chi connectivity index (χ1v) is 12.0. The number of anilines is 1. The van der Waals surface area contributed by atoms with Gasteiger partial charge >= 0.3 is 0 Å². The average Bonchev–Trinajstić information content (AvgIpc) is 2.72. The maximum Gasteiger partial charge on any atom is 0.227 e. The maximum atomic E-state index is 13.2.